The van der Waals surface area contributed by atoms with Crippen molar-refractivity contribution in [1.29, 1.82) is 0 Å². The number of hydrogen-bond donors (Lipinski definition) is 0. The van der Waals surface area contributed by atoms with Gasteiger partial charge in [0.15, 0.2) is 0 Å². The highest BCUT2D eigenvalue weighted by molar-refractivity contribution is 5.35. The van der Waals surface area contributed by atoms with Gasteiger partial charge in [-0.3, -0.25) is 0 Å². The van der Waals surface area contributed by atoms with E-state index in [9.17, 15) is 0 Å². The summed E-state index contributed by atoms with van der Waals surface area (Å²) < 4.78 is 0. The molecule has 0 N–H and O–H groups in total. The predicted molar refractivity (Wildman–Crippen MR) is 68.1 cm³/mol. The van der Waals surface area contributed by atoms with Crippen molar-refractivity contribution in [3.8, 4) is 0 Å². The second-order valence-corrected chi connectivity index (χ2v) is 5.14. The van der Waals surface area contributed by atoms with E-state index in [1.165, 1.54) is 11.1 Å². The van der Waals surface area contributed by atoms with Gasteiger partial charge in [-0.1, -0.05) is 58.9 Å². The summed E-state index contributed by atoms with van der Waals surface area (Å²) in [5.74, 6) is 1.55. The van der Waals surface area contributed by atoms with Gasteiger partial charge in [0.2, 0.25) is 0 Å². The summed E-state index contributed by atoms with van der Waals surface area (Å²) in [4.78, 5) is 0. The van der Waals surface area contributed by atoms with Gasteiger partial charge in [-0.2, -0.15) is 0 Å². The second-order valence-electron chi connectivity index (χ2n) is 5.14. The van der Waals surface area contributed by atoms with Crippen LogP contribution in [0.25, 0.3) is 0 Å². The van der Waals surface area contributed by atoms with Crippen molar-refractivity contribution in [2.24, 2.45) is 0 Å². The van der Waals surface area contributed by atoms with Crippen LogP contribution in [-0.2, 0) is 5.41 Å². The molecule has 0 nitrogen and oxygen atoms in total. The maximum atomic E-state index is 2.27. The Labute approximate surface area is 94.7 Å². The zero-order valence-electron chi connectivity index (χ0n) is 10.7. The third-order valence-corrected chi connectivity index (χ3v) is 3.01. The predicted octanol–water partition coefficient (Wildman–Crippen LogP) is 4.73. The third kappa shape index (κ3) is 3.09. The first-order valence-electron chi connectivity index (χ1n) is 5.94. The molecular formula is C15H23. The van der Waals surface area contributed by atoms with Gasteiger partial charge in [0.05, 0.1) is 0 Å². The van der Waals surface area contributed by atoms with Crippen molar-refractivity contribution in [1.82, 2.24) is 0 Å². The van der Waals surface area contributed by atoms with Crippen molar-refractivity contribution in [3.63, 3.8) is 0 Å². The molecule has 0 aliphatic heterocycles. The molecule has 0 heterocycles. The molecule has 0 aromatic heterocycles. The lowest BCUT2D eigenvalue weighted by atomic mass is 9.85. The average Bonchev–Trinajstić information content (AvgIpc) is 2.19. The molecule has 0 aliphatic rings. The van der Waals surface area contributed by atoms with Gasteiger partial charge in [-0.15, -0.1) is 0 Å². The Morgan fingerprint density at radius 2 is 1.40 bits per heavy atom. The van der Waals surface area contributed by atoms with Crippen LogP contribution in [0, 0.1) is 5.92 Å². The summed E-state index contributed by atoms with van der Waals surface area (Å²) in [6, 6.07) is 9.06. The standard InChI is InChI=1S/C15H23/c1-6-12(7-2)13-8-10-14(11-9-13)15(3,4)5/h8-11H,6-7H2,1-5H3. The van der Waals surface area contributed by atoms with Crippen LogP contribution in [0.3, 0.4) is 0 Å². The Kier molecular flexibility index (Phi) is 3.96. The summed E-state index contributed by atoms with van der Waals surface area (Å²) in [5, 5.41) is 0. The summed E-state index contributed by atoms with van der Waals surface area (Å²) in [5.41, 5.74) is 3.09. The molecule has 0 saturated carbocycles. The van der Waals surface area contributed by atoms with Gasteiger partial charge < -0.3 is 0 Å². The summed E-state index contributed by atoms with van der Waals surface area (Å²) >= 11 is 0. The molecule has 0 unspecified atom stereocenters. The minimum absolute atomic E-state index is 0.261. The van der Waals surface area contributed by atoms with E-state index < -0.39 is 0 Å². The van der Waals surface area contributed by atoms with Gasteiger partial charge in [0.1, 0.15) is 0 Å². The molecule has 0 aliphatic carbocycles. The number of benzene rings is 1. The molecular weight excluding hydrogens is 180 g/mol. The number of hydrogen-bond acceptors (Lipinski definition) is 0. The van der Waals surface area contributed by atoms with Crippen molar-refractivity contribution < 1.29 is 0 Å². The number of rotatable bonds is 3. The Bertz CT molecular complexity index is 283. The molecule has 0 heteroatoms. The van der Waals surface area contributed by atoms with Crippen LogP contribution in [0.1, 0.15) is 58.6 Å². The Morgan fingerprint density at radius 1 is 0.933 bits per heavy atom. The van der Waals surface area contributed by atoms with Crippen molar-refractivity contribution >= 4 is 0 Å². The topological polar surface area (TPSA) is 0 Å². The van der Waals surface area contributed by atoms with Crippen molar-refractivity contribution in [2.45, 2.75) is 52.9 Å². The largest absolute Gasteiger partial charge is 0.0645 e. The lowest BCUT2D eigenvalue weighted by Crippen LogP contribution is -2.11. The van der Waals surface area contributed by atoms with Gasteiger partial charge in [-0.05, 0) is 29.4 Å². The second kappa shape index (κ2) is 4.83. The van der Waals surface area contributed by atoms with Gasteiger partial charge in [0.25, 0.3) is 0 Å². The smallest absolute Gasteiger partial charge is 0.00443 e. The van der Waals surface area contributed by atoms with Crippen molar-refractivity contribution in [3.05, 3.63) is 41.3 Å². The molecule has 0 atom stereocenters. The molecule has 1 rings (SSSR count). The first-order valence-corrected chi connectivity index (χ1v) is 5.94. The quantitative estimate of drug-likeness (QED) is 0.666. The van der Waals surface area contributed by atoms with Gasteiger partial charge >= 0.3 is 0 Å². The Balaban J connectivity index is 2.89. The monoisotopic (exact) mass is 203 g/mol. The fourth-order valence-electron chi connectivity index (χ4n) is 1.86. The maximum Gasteiger partial charge on any atom is 0.00443 e. The van der Waals surface area contributed by atoms with Crippen LogP contribution in [0.4, 0.5) is 0 Å². The first kappa shape index (κ1) is 12.3. The lowest BCUT2D eigenvalue weighted by molar-refractivity contribution is 0.590. The highest BCUT2D eigenvalue weighted by Gasteiger charge is 2.14. The molecule has 1 aromatic rings. The van der Waals surface area contributed by atoms with E-state index in [0.29, 0.717) is 0 Å². The Hall–Kier alpha value is -0.780. The lowest BCUT2D eigenvalue weighted by Gasteiger charge is -2.20. The van der Waals surface area contributed by atoms with Crippen LogP contribution < -0.4 is 0 Å². The highest BCUT2D eigenvalue weighted by Crippen LogP contribution is 2.26. The minimum atomic E-state index is 0.261. The van der Waals surface area contributed by atoms with E-state index in [2.05, 4.69) is 58.9 Å². The van der Waals surface area contributed by atoms with Crippen molar-refractivity contribution in [2.75, 3.05) is 0 Å². The molecule has 0 amide bonds. The van der Waals surface area contributed by atoms with Gasteiger partial charge in [-0.25, -0.2) is 0 Å². The van der Waals surface area contributed by atoms with Crippen LogP contribution in [-0.4, -0.2) is 0 Å². The molecule has 15 heavy (non-hydrogen) atoms. The molecule has 0 saturated heterocycles. The maximum absolute atomic E-state index is 2.27. The normalized spacial score (nSPS) is 12.1. The van der Waals surface area contributed by atoms with Crippen LogP contribution >= 0.6 is 0 Å². The van der Waals surface area contributed by atoms with Gasteiger partial charge in [0, 0.05) is 5.92 Å². The van der Waals surface area contributed by atoms with E-state index in [-0.39, 0.29) is 5.41 Å². The van der Waals surface area contributed by atoms with E-state index in [0.717, 1.165) is 12.8 Å². The SMILES string of the molecule is CC[C](CC)c1ccc(C(C)(C)C)cc1. The molecule has 0 spiro atoms. The van der Waals surface area contributed by atoms with E-state index in [1.807, 2.05) is 0 Å². The fourth-order valence-corrected chi connectivity index (χ4v) is 1.86. The zero-order valence-corrected chi connectivity index (χ0v) is 10.7. The van der Waals surface area contributed by atoms with E-state index in [4.69, 9.17) is 0 Å². The van der Waals surface area contributed by atoms with E-state index in [1.54, 1.807) is 5.92 Å². The Morgan fingerprint density at radius 3 is 1.73 bits per heavy atom. The first-order chi connectivity index (χ1) is 6.99. The molecule has 83 valence electrons. The third-order valence-electron chi connectivity index (χ3n) is 3.01. The van der Waals surface area contributed by atoms with Crippen LogP contribution in [0.15, 0.2) is 24.3 Å². The molecule has 0 bridgehead atoms. The van der Waals surface area contributed by atoms with E-state index >= 15 is 0 Å². The summed E-state index contributed by atoms with van der Waals surface area (Å²) in [6.45, 7) is 11.2. The van der Waals surface area contributed by atoms with Crippen LogP contribution in [0.2, 0.25) is 0 Å². The minimum Gasteiger partial charge on any atom is -0.0645 e. The highest BCUT2D eigenvalue weighted by atomic mass is 14.2. The summed E-state index contributed by atoms with van der Waals surface area (Å²) in [7, 11) is 0. The average molecular weight is 203 g/mol. The molecule has 0 fully saturated rings. The van der Waals surface area contributed by atoms with Crippen LogP contribution in [0.5, 0.6) is 0 Å². The zero-order chi connectivity index (χ0) is 11.5. The molecule has 1 radical (unpaired) electrons. The fraction of sp³-hybridized carbons (Fsp3) is 0.533. The summed E-state index contributed by atoms with van der Waals surface area (Å²) in [6.07, 6.45) is 2.32. The molecule has 1 aromatic carbocycles.